The van der Waals surface area contributed by atoms with Gasteiger partial charge in [-0.3, -0.25) is 0 Å². The van der Waals surface area contributed by atoms with E-state index in [0.717, 1.165) is 38.2 Å². The van der Waals surface area contributed by atoms with Gasteiger partial charge in [0.15, 0.2) is 0 Å². The molecule has 0 saturated heterocycles. The van der Waals surface area contributed by atoms with Gasteiger partial charge in [0.2, 0.25) is 0 Å². The second-order valence-corrected chi connectivity index (χ2v) is 5.15. The van der Waals surface area contributed by atoms with E-state index in [0.29, 0.717) is 6.07 Å². The predicted molar refractivity (Wildman–Crippen MR) is 64.9 cm³/mol. The number of alkyl halides is 3. The van der Waals surface area contributed by atoms with Crippen LogP contribution in [0.4, 0.5) is 17.6 Å². The molecule has 0 spiro atoms. The van der Waals surface area contributed by atoms with Gasteiger partial charge < -0.3 is 5.73 Å². The summed E-state index contributed by atoms with van der Waals surface area (Å²) in [6.45, 7) is 0. The molecule has 0 heterocycles. The van der Waals surface area contributed by atoms with Crippen LogP contribution in [0.3, 0.4) is 0 Å². The molecule has 1 aliphatic rings. The fraction of sp³-hybridized carbons (Fsp3) is 0.571. The minimum absolute atomic E-state index is 0.0146. The topological polar surface area (TPSA) is 26.0 Å². The van der Waals surface area contributed by atoms with Gasteiger partial charge in [-0.2, -0.15) is 13.2 Å². The van der Waals surface area contributed by atoms with Crippen LogP contribution in [0.25, 0.3) is 0 Å². The van der Waals surface area contributed by atoms with Crippen molar-refractivity contribution in [3.8, 4) is 0 Å². The van der Waals surface area contributed by atoms with Gasteiger partial charge in [0.05, 0.1) is 5.56 Å². The zero-order valence-electron chi connectivity index (χ0n) is 10.5. The molecule has 1 aromatic rings. The minimum Gasteiger partial charge on any atom is -0.324 e. The van der Waals surface area contributed by atoms with E-state index in [1.54, 1.807) is 0 Å². The maximum absolute atomic E-state index is 13.0. The van der Waals surface area contributed by atoms with E-state index >= 15 is 0 Å². The number of halogens is 4. The van der Waals surface area contributed by atoms with Crippen LogP contribution < -0.4 is 5.73 Å². The first kappa shape index (κ1) is 14.3. The summed E-state index contributed by atoms with van der Waals surface area (Å²) in [6.07, 6.45) is 0.232. The van der Waals surface area contributed by atoms with E-state index in [4.69, 9.17) is 5.73 Å². The Morgan fingerprint density at radius 2 is 1.74 bits per heavy atom. The van der Waals surface area contributed by atoms with E-state index in [9.17, 15) is 17.6 Å². The molecular weight excluding hydrogens is 258 g/mol. The average Bonchev–Trinajstić information content (AvgIpc) is 2.38. The maximum atomic E-state index is 13.0. The Balaban J connectivity index is 2.32. The summed E-state index contributed by atoms with van der Waals surface area (Å²) in [4.78, 5) is 0. The molecule has 2 rings (SSSR count). The largest absolute Gasteiger partial charge is 0.416 e. The molecule has 1 aliphatic carbocycles. The normalized spacial score (nSPS) is 19.4. The van der Waals surface area contributed by atoms with E-state index in [2.05, 4.69) is 0 Å². The van der Waals surface area contributed by atoms with Crippen molar-refractivity contribution >= 4 is 0 Å². The highest BCUT2D eigenvalue weighted by Crippen LogP contribution is 2.39. The first-order valence-corrected chi connectivity index (χ1v) is 6.52. The van der Waals surface area contributed by atoms with Gasteiger partial charge in [-0.25, -0.2) is 4.39 Å². The third-order valence-corrected chi connectivity index (χ3v) is 3.84. The SMILES string of the molecule is N[C@H](c1ccc(F)cc1C(F)(F)F)C1CCCCC1. The number of rotatable bonds is 2. The third-order valence-electron chi connectivity index (χ3n) is 3.84. The molecular formula is C14H17F4N. The Morgan fingerprint density at radius 1 is 1.11 bits per heavy atom. The Morgan fingerprint density at radius 3 is 2.32 bits per heavy atom. The van der Waals surface area contributed by atoms with Crippen molar-refractivity contribution in [2.75, 3.05) is 0 Å². The molecule has 0 radical (unpaired) electrons. The number of nitrogens with two attached hydrogens (primary N) is 1. The molecule has 2 N–H and O–H groups in total. The Labute approximate surface area is 109 Å². The lowest BCUT2D eigenvalue weighted by atomic mass is 9.80. The molecule has 106 valence electrons. The number of hydrogen-bond acceptors (Lipinski definition) is 1. The van der Waals surface area contributed by atoms with Crippen molar-refractivity contribution in [3.63, 3.8) is 0 Å². The Hall–Kier alpha value is -1.10. The van der Waals surface area contributed by atoms with E-state index in [1.807, 2.05) is 0 Å². The van der Waals surface area contributed by atoms with Crippen LogP contribution in [-0.4, -0.2) is 0 Å². The summed E-state index contributed by atoms with van der Waals surface area (Å²) in [7, 11) is 0. The van der Waals surface area contributed by atoms with Gasteiger partial charge in [-0.15, -0.1) is 0 Å². The van der Waals surface area contributed by atoms with Crippen LogP contribution in [0.2, 0.25) is 0 Å². The molecule has 0 aliphatic heterocycles. The van der Waals surface area contributed by atoms with Crippen LogP contribution in [0.5, 0.6) is 0 Å². The van der Waals surface area contributed by atoms with E-state index in [-0.39, 0.29) is 11.5 Å². The smallest absolute Gasteiger partial charge is 0.324 e. The van der Waals surface area contributed by atoms with Gasteiger partial charge in [0, 0.05) is 6.04 Å². The molecule has 5 heteroatoms. The zero-order chi connectivity index (χ0) is 14.0. The molecule has 1 atom stereocenters. The first-order chi connectivity index (χ1) is 8.89. The summed E-state index contributed by atoms with van der Waals surface area (Å²) >= 11 is 0. The van der Waals surface area contributed by atoms with Gasteiger partial charge in [0.1, 0.15) is 5.82 Å². The van der Waals surface area contributed by atoms with Crippen LogP contribution in [0.1, 0.15) is 49.3 Å². The average molecular weight is 275 g/mol. The molecule has 1 saturated carbocycles. The summed E-state index contributed by atoms with van der Waals surface area (Å²) < 4.78 is 51.8. The van der Waals surface area contributed by atoms with Crippen LogP contribution >= 0.6 is 0 Å². The van der Waals surface area contributed by atoms with Crippen LogP contribution in [-0.2, 0) is 6.18 Å². The van der Waals surface area contributed by atoms with Gasteiger partial charge >= 0.3 is 6.18 Å². The summed E-state index contributed by atoms with van der Waals surface area (Å²) in [5.41, 5.74) is 5.07. The van der Waals surface area contributed by atoms with Crippen molar-refractivity contribution < 1.29 is 17.6 Å². The first-order valence-electron chi connectivity index (χ1n) is 6.52. The van der Waals surface area contributed by atoms with Gasteiger partial charge in [-0.05, 0) is 36.5 Å². The lowest BCUT2D eigenvalue weighted by molar-refractivity contribution is -0.138. The van der Waals surface area contributed by atoms with Crippen molar-refractivity contribution in [1.82, 2.24) is 0 Å². The lowest BCUT2D eigenvalue weighted by Crippen LogP contribution is -2.26. The van der Waals surface area contributed by atoms with Crippen molar-refractivity contribution in [2.24, 2.45) is 11.7 Å². The van der Waals surface area contributed by atoms with Crippen molar-refractivity contribution in [2.45, 2.75) is 44.3 Å². The molecule has 0 amide bonds. The third kappa shape index (κ3) is 3.26. The number of hydrogen-bond donors (Lipinski definition) is 1. The van der Waals surface area contributed by atoms with E-state index < -0.39 is 23.6 Å². The second kappa shape index (κ2) is 5.49. The Kier molecular flexibility index (Phi) is 4.13. The summed E-state index contributed by atoms with van der Waals surface area (Å²) in [5, 5.41) is 0. The maximum Gasteiger partial charge on any atom is 0.416 e. The summed E-state index contributed by atoms with van der Waals surface area (Å²) in [6, 6.07) is 2.10. The fourth-order valence-electron chi connectivity index (χ4n) is 2.81. The van der Waals surface area contributed by atoms with Crippen LogP contribution in [0.15, 0.2) is 18.2 Å². The Bertz CT molecular complexity index is 436. The molecule has 1 fully saturated rings. The monoisotopic (exact) mass is 275 g/mol. The molecule has 19 heavy (non-hydrogen) atoms. The molecule has 1 aromatic carbocycles. The predicted octanol–water partition coefficient (Wildman–Crippen LogP) is 4.42. The van der Waals surface area contributed by atoms with Crippen molar-refractivity contribution in [3.05, 3.63) is 35.1 Å². The highest BCUT2D eigenvalue weighted by molar-refractivity contribution is 5.33. The van der Waals surface area contributed by atoms with Gasteiger partial charge in [-0.1, -0.05) is 25.3 Å². The summed E-state index contributed by atoms with van der Waals surface area (Å²) in [5.74, 6) is -0.827. The highest BCUT2D eigenvalue weighted by atomic mass is 19.4. The zero-order valence-corrected chi connectivity index (χ0v) is 10.5. The molecule has 0 bridgehead atoms. The lowest BCUT2D eigenvalue weighted by Gasteiger charge is -2.29. The van der Waals surface area contributed by atoms with Crippen LogP contribution in [0, 0.1) is 11.7 Å². The molecule has 1 nitrogen and oxygen atoms in total. The number of benzene rings is 1. The quantitative estimate of drug-likeness (QED) is 0.794. The standard InChI is InChI=1S/C14H17F4N/c15-10-6-7-11(12(8-10)14(16,17)18)13(19)9-4-2-1-3-5-9/h6-9,13H,1-5,19H2/t13-/m0/s1. The molecule has 0 unspecified atom stereocenters. The fourth-order valence-corrected chi connectivity index (χ4v) is 2.81. The van der Waals surface area contributed by atoms with Crippen molar-refractivity contribution in [1.29, 1.82) is 0 Å². The second-order valence-electron chi connectivity index (χ2n) is 5.15. The van der Waals surface area contributed by atoms with Gasteiger partial charge in [0.25, 0.3) is 0 Å². The highest BCUT2D eigenvalue weighted by Gasteiger charge is 2.36. The molecule has 0 aromatic heterocycles. The van der Waals surface area contributed by atoms with E-state index in [1.165, 1.54) is 6.07 Å². The minimum atomic E-state index is -4.57.